The molecule has 31 heavy (non-hydrogen) atoms. The van der Waals surface area contributed by atoms with Crippen LogP contribution in [0.3, 0.4) is 0 Å². The lowest BCUT2D eigenvalue weighted by Crippen LogP contribution is -2.50. The van der Waals surface area contributed by atoms with Gasteiger partial charge in [-0.15, -0.1) is 0 Å². The van der Waals surface area contributed by atoms with Gasteiger partial charge >= 0.3 is 0 Å². The third kappa shape index (κ3) is 6.66. The predicted molar refractivity (Wildman–Crippen MR) is 119 cm³/mol. The van der Waals surface area contributed by atoms with Crippen LogP contribution in [0.25, 0.3) is 0 Å². The molecule has 0 aliphatic carbocycles. The number of hydrogen-bond acceptors (Lipinski definition) is 6. The van der Waals surface area contributed by atoms with Gasteiger partial charge in [-0.05, 0) is 18.9 Å². The molecule has 1 aromatic rings. The van der Waals surface area contributed by atoms with Gasteiger partial charge in [0.2, 0.25) is 15.9 Å². The van der Waals surface area contributed by atoms with Crippen LogP contribution in [-0.2, 0) is 10.0 Å². The van der Waals surface area contributed by atoms with Gasteiger partial charge in [0.05, 0.1) is 25.4 Å². The topological polar surface area (TPSA) is 100 Å². The summed E-state index contributed by atoms with van der Waals surface area (Å²) >= 11 is 0. The van der Waals surface area contributed by atoms with Gasteiger partial charge in [-0.2, -0.15) is 0 Å². The maximum Gasteiger partial charge on any atom is 0.259 e. The summed E-state index contributed by atoms with van der Waals surface area (Å²) < 4.78 is 31.1. The molecule has 1 N–H and O–H groups in total. The van der Waals surface area contributed by atoms with Gasteiger partial charge in [-0.3, -0.25) is 4.79 Å². The zero-order valence-corrected chi connectivity index (χ0v) is 19.9. The predicted octanol–water partition coefficient (Wildman–Crippen LogP) is 1.59. The van der Waals surface area contributed by atoms with Crippen molar-refractivity contribution >= 4 is 15.9 Å². The van der Waals surface area contributed by atoms with Crippen molar-refractivity contribution < 1.29 is 23.1 Å². The molecule has 8 nitrogen and oxygen atoms in total. The molecule has 0 spiro atoms. The molecule has 0 saturated heterocycles. The molecule has 172 valence electrons. The fraction of sp³-hybridized carbons (Fsp3) is 0.636. The van der Waals surface area contributed by atoms with Crippen molar-refractivity contribution in [3.63, 3.8) is 0 Å². The summed E-state index contributed by atoms with van der Waals surface area (Å²) in [5.74, 6) is 6.22. The quantitative estimate of drug-likeness (QED) is 0.660. The maximum absolute atomic E-state index is 13.3. The normalized spacial score (nSPS) is 20.4. The first-order valence-corrected chi connectivity index (χ1v) is 12.3. The standard InChI is InChI=1S/C22H33N3O5S/c1-15(2)8-7-9-18-10-19-21(23-11-18)30-20(13-24(5)31(6,28)29)16(3)12-25(22(19)27)17(4)14-26/h10-11,15-17,20,26H,8,12-14H2,1-6H3/t16-,17+,20+/m0/s1. The van der Waals surface area contributed by atoms with Crippen LogP contribution in [0.5, 0.6) is 5.88 Å². The van der Waals surface area contributed by atoms with E-state index >= 15 is 0 Å². The van der Waals surface area contributed by atoms with E-state index in [0.717, 1.165) is 12.7 Å². The Hall–Kier alpha value is -2.15. The highest BCUT2D eigenvalue weighted by atomic mass is 32.2. The van der Waals surface area contributed by atoms with Crippen LogP contribution in [0.15, 0.2) is 12.3 Å². The number of aliphatic hydroxyl groups excluding tert-OH is 1. The number of ether oxygens (including phenoxy) is 1. The number of pyridine rings is 1. The van der Waals surface area contributed by atoms with Gasteiger partial charge in [0.15, 0.2) is 0 Å². The largest absolute Gasteiger partial charge is 0.472 e. The number of sulfonamides is 1. The number of likely N-dealkylation sites (N-methyl/N-ethyl adjacent to an activating group) is 1. The summed E-state index contributed by atoms with van der Waals surface area (Å²) in [4.78, 5) is 19.2. The molecule has 2 rings (SSSR count). The van der Waals surface area contributed by atoms with Gasteiger partial charge in [0.25, 0.3) is 5.91 Å². The molecule has 1 aliphatic rings. The second-order valence-electron chi connectivity index (χ2n) is 8.64. The first kappa shape index (κ1) is 25.1. The molecule has 1 aromatic heterocycles. The summed E-state index contributed by atoms with van der Waals surface area (Å²) in [5.41, 5.74) is 0.863. The van der Waals surface area contributed by atoms with Crippen LogP contribution < -0.4 is 4.74 Å². The van der Waals surface area contributed by atoms with Crippen molar-refractivity contribution in [2.45, 2.75) is 46.3 Å². The number of amides is 1. The number of nitrogens with zero attached hydrogens (tertiary/aromatic N) is 3. The molecule has 2 heterocycles. The number of aliphatic hydroxyl groups is 1. The van der Waals surface area contributed by atoms with E-state index in [0.29, 0.717) is 18.0 Å². The van der Waals surface area contributed by atoms with Gasteiger partial charge in [0, 0.05) is 37.7 Å². The van der Waals surface area contributed by atoms with Crippen LogP contribution in [-0.4, -0.2) is 78.8 Å². The van der Waals surface area contributed by atoms with Crippen molar-refractivity contribution in [3.05, 3.63) is 23.4 Å². The van der Waals surface area contributed by atoms with Gasteiger partial charge < -0.3 is 14.7 Å². The van der Waals surface area contributed by atoms with Crippen LogP contribution in [0.1, 0.15) is 50.0 Å². The maximum atomic E-state index is 13.3. The number of aromatic nitrogens is 1. The smallest absolute Gasteiger partial charge is 0.259 e. The van der Waals surface area contributed by atoms with Crippen LogP contribution >= 0.6 is 0 Å². The SMILES string of the molecule is CC(C)CC#Cc1cnc2c(c1)C(=O)N([C@H](C)CO)C[C@H](C)[C@@H](CN(C)S(C)(=O)=O)O2. The zero-order valence-electron chi connectivity index (χ0n) is 19.1. The average molecular weight is 452 g/mol. The fourth-order valence-electron chi connectivity index (χ4n) is 3.13. The number of hydrogen-bond donors (Lipinski definition) is 1. The Labute approximate surface area is 185 Å². The first-order valence-electron chi connectivity index (χ1n) is 10.4. The van der Waals surface area contributed by atoms with Crippen LogP contribution in [0, 0.1) is 23.7 Å². The summed E-state index contributed by atoms with van der Waals surface area (Å²) in [6.45, 7) is 8.05. The minimum atomic E-state index is -3.40. The van der Waals surface area contributed by atoms with Crippen molar-refractivity contribution in [1.29, 1.82) is 0 Å². The summed E-state index contributed by atoms with van der Waals surface area (Å²) in [5, 5.41) is 9.69. The molecule has 1 amide bonds. The molecule has 1 aliphatic heterocycles. The van der Waals surface area contributed by atoms with Gasteiger partial charge in [0.1, 0.15) is 11.7 Å². The van der Waals surface area contributed by atoms with E-state index in [1.54, 1.807) is 24.1 Å². The highest BCUT2D eigenvalue weighted by Gasteiger charge is 2.35. The summed E-state index contributed by atoms with van der Waals surface area (Å²) in [6, 6.07) is 1.24. The molecule has 0 fully saturated rings. The Bertz CT molecular complexity index is 952. The minimum absolute atomic E-state index is 0.118. The first-order chi connectivity index (χ1) is 14.4. The molecule has 0 saturated carbocycles. The molecular formula is C22H33N3O5S. The highest BCUT2D eigenvalue weighted by molar-refractivity contribution is 7.88. The molecule has 3 atom stereocenters. The van der Waals surface area contributed by atoms with E-state index in [-0.39, 0.29) is 36.4 Å². The number of carbonyl (C=O) groups excluding carboxylic acids is 1. The Morgan fingerprint density at radius 3 is 2.65 bits per heavy atom. The monoisotopic (exact) mass is 451 g/mol. The molecule has 9 heteroatoms. The van der Waals surface area contributed by atoms with Crippen LogP contribution in [0.4, 0.5) is 0 Å². The number of rotatable bonds is 6. The fourth-order valence-corrected chi connectivity index (χ4v) is 3.55. The number of carbonyl (C=O) groups is 1. The third-order valence-corrected chi connectivity index (χ3v) is 6.55. The minimum Gasteiger partial charge on any atom is -0.472 e. The van der Waals surface area contributed by atoms with Crippen molar-refractivity contribution in [3.8, 4) is 17.7 Å². The second kappa shape index (κ2) is 10.4. The second-order valence-corrected chi connectivity index (χ2v) is 10.7. The Balaban J connectivity index is 2.48. The van der Waals surface area contributed by atoms with Crippen molar-refractivity contribution in [2.24, 2.45) is 11.8 Å². The van der Waals surface area contributed by atoms with E-state index in [1.807, 2.05) is 6.92 Å². The van der Waals surface area contributed by atoms with E-state index in [2.05, 4.69) is 30.7 Å². The lowest BCUT2D eigenvalue weighted by molar-refractivity contribution is 0.0373. The van der Waals surface area contributed by atoms with Gasteiger partial charge in [-0.25, -0.2) is 17.7 Å². The molecule has 0 aromatic carbocycles. The Kier molecular flexibility index (Phi) is 8.46. The number of fused-ring (bicyclic) bond motifs is 1. The van der Waals surface area contributed by atoms with E-state index in [9.17, 15) is 18.3 Å². The van der Waals surface area contributed by atoms with Crippen molar-refractivity contribution in [1.82, 2.24) is 14.2 Å². The van der Waals surface area contributed by atoms with Crippen molar-refractivity contribution in [2.75, 3.05) is 33.0 Å². The summed E-state index contributed by atoms with van der Waals surface area (Å²) in [6.07, 6.45) is 2.90. The lowest BCUT2D eigenvalue weighted by atomic mass is 10.00. The summed E-state index contributed by atoms with van der Waals surface area (Å²) in [7, 11) is -1.91. The average Bonchev–Trinajstić information content (AvgIpc) is 2.69. The molecule has 0 unspecified atom stereocenters. The Morgan fingerprint density at radius 1 is 1.39 bits per heavy atom. The molecule has 0 bridgehead atoms. The zero-order chi connectivity index (χ0) is 23.3. The Morgan fingerprint density at radius 2 is 2.06 bits per heavy atom. The van der Waals surface area contributed by atoms with Crippen LogP contribution in [0.2, 0.25) is 0 Å². The molecule has 0 radical (unpaired) electrons. The van der Waals surface area contributed by atoms with E-state index in [1.165, 1.54) is 11.4 Å². The third-order valence-electron chi connectivity index (χ3n) is 5.27. The lowest BCUT2D eigenvalue weighted by Gasteiger charge is -2.37. The molecular weight excluding hydrogens is 418 g/mol. The highest BCUT2D eigenvalue weighted by Crippen LogP contribution is 2.27. The van der Waals surface area contributed by atoms with E-state index < -0.39 is 22.2 Å². The van der Waals surface area contributed by atoms with Gasteiger partial charge in [-0.1, -0.05) is 32.6 Å². The van der Waals surface area contributed by atoms with E-state index in [4.69, 9.17) is 4.74 Å².